The van der Waals surface area contributed by atoms with Gasteiger partial charge in [-0.3, -0.25) is 0 Å². The SMILES string of the molecule is C(#CC(/C=C\c1ccccc1)c1ccccc1)c1ccccc1. The van der Waals surface area contributed by atoms with Crippen LogP contribution in [0.3, 0.4) is 0 Å². The summed E-state index contributed by atoms with van der Waals surface area (Å²) in [7, 11) is 0. The van der Waals surface area contributed by atoms with Gasteiger partial charge in [0.1, 0.15) is 0 Å². The zero-order chi connectivity index (χ0) is 15.7. The van der Waals surface area contributed by atoms with Gasteiger partial charge in [0, 0.05) is 5.56 Å². The van der Waals surface area contributed by atoms with Gasteiger partial charge in [-0.15, -0.1) is 0 Å². The molecule has 0 nitrogen and oxygen atoms in total. The molecule has 0 spiro atoms. The molecule has 0 bridgehead atoms. The van der Waals surface area contributed by atoms with Crippen LogP contribution >= 0.6 is 0 Å². The maximum absolute atomic E-state index is 3.39. The Hall–Kier alpha value is -3.04. The highest BCUT2D eigenvalue weighted by atomic mass is 14.1. The normalized spacial score (nSPS) is 11.7. The quantitative estimate of drug-likeness (QED) is 0.557. The van der Waals surface area contributed by atoms with E-state index in [1.165, 1.54) is 11.1 Å². The van der Waals surface area contributed by atoms with Crippen LogP contribution in [0.4, 0.5) is 0 Å². The van der Waals surface area contributed by atoms with Crippen LogP contribution in [0.5, 0.6) is 0 Å². The lowest BCUT2D eigenvalue weighted by Gasteiger charge is -2.06. The highest BCUT2D eigenvalue weighted by molar-refractivity contribution is 5.53. The summed E-state index contributed by atoms with van der Waals surface area (Å²) >= 11 is 0. The van der Waals surface area contributed by atoms with E-state index in [1.54, 1.807) is 0 Å². The minimum Gasteiger partial charge on any atom is -0.0855 e. The molecule has 23 heavy (non-hydrogen) atoms. The first-order valence-corrected chi connectivity index (χ1v) is 7.76. The van der Waals surface area contributed by atoms with Crippen molar-refractivity contribution < 1.29 is 0 Å². The lowest BCUT2D eigenvalue weighted by atomic mass is 9.98. The Morgan fingerprint density at radius 2 is 1.22 bits per heavy atom. The second-order valence-corrected chi connectivity index (χ2v) is 5.29. The lowest BCUT2D eigenvalue weighted by molar-refractivity contribution is 1.13. The van der Waals surface area contributed by atoms with E-state index in [9.17, 15) is 0 Å². The zero-order valence-electron chi connectivity index (χ0n) is 12.9. The lowest BCUT2D eigenvalue weighted by Crippen LogP contribution is -1.91. The summed E-state index contributed by atoms with van der Waals surface area (Å²) in [6, 6.07) is 30.8. The Balaban J connectivity index is 1.89. The van der Waals surface area contributed by atoms with Gasteiger partial charge in [-0.25, -0.2) is 0 Å². The van der Waals surface area contributed by atoms with Crippen molar-refractivity contribution in [2.75, 3.05) is 0 Å². The van der Waals surface area contributed by atoms with Crippen molar-refractivity contribution in [1.29, 1.82) is 0 Å². The number of benzene rings is 3. The predicted molar refractivity (Wildman–Crippen MR) is 98.0 cm³/mol. The number of rotatable bonds is 3. The van der Waals surface area contributed by atoms with Crippen molar-refractivity contribution in [3.05, 3.63) is 114 Å². The molecule has 0 heterocycles. The summed E-state index contributed by atoms with van der Waals surface area (Å²) in [5.74, 6) is 6.74. The third kappa shape index (κ3) is 4.46. The summed E-state index contributed by atoms with van der Waals surface area (Å²) in [5.41, 5.74) is 3.44. The van der Waals surface area contributed by atoms with Gasteiger partial charge in [0.15, 0.2) is 0 Å². The summed E-state index contributed by atoms with van der Waals surface area (Å²) in [4.78, 5) is 0. The molecule has 0 radical (unpaired) electrons. The molecule has 0 aliphatic heterocycles. The monoisotopic (exact) mass is 294 g/mol. The maximum atomic E-state index is 3.39. The molecule has 3 aromatic carbocycles. The number of hydrogen-bond donors (Lipinski definition) is 0. The van der Waals surface area contributed by atoms with E-state index in [0.717, 1.165) is 5.56 Å². The van der Waals surface area contributed by atoms with Gasteiger partial charge in [0.05, 0.1) is 5.92 Å². The Morgan fingerprint density at radius 3 is 1.87 bits per heavy atom. The van der Waals surface area contributed by atoms with E-state index in [2.05, 4.69) is 60.4 Å². The molecule has 1 atom stereocenters. The van der Waals surface area contributed by atoms with Gasteiger partial charge in [-0.05, 0) is 23.3 Å². The molecule has 110 valence electrons. The molecule has 1 unspecified atom stereocenters. The summed E-state index contributed by atoms with van der Waals surface area (Å²) < 4.78 is 0. The molecule has 0 N–H and O–H groups in total. The van der Waals surface area contributed by atoms with Crippen LogP contribution in [-0.2, 0) is 0 Å². The molecule has 0 fully saturated rings. The molecule has 0 aromatic heterocycles. The Labute approximate surface area is 138 Å². The fraction of sp³-hybridized carbons (Fsp3) is 0.0435. The minimum atomic E-state index is 0.0802. The van der Waals surface area contributed by atoms with Gasteiger partial charge < -0.3 is 0 Å². The van der Waals surface area contributed by atoms with Crippen LogP contribution in [0.25, 0.3) is 6.08 Å². The van der Waals surface area contributed by atoms with Gasteiger partial charge in [0.2, 0.25) is 0 Å². The third-order valence-electron chi connectivity index (χ3n) is 3.59. The molecule has 3 aromatic rings. The molecule has 0 saturated heterocycles. The topological polar surface area (TPSA) is 0 Å². The van der Waals surface area contributed by atoms with Crippen LogP contribution in [0, 0.1) is 11.8 Å². The van der Waals surface area contributed by atoms with Crippen LogP contribution in [0.1, 0.15) is 22.6 Å². The minimum absolute atomic E-state index is 0.0802. The Bertz CT molecular complexity index is 803. The van der Waals surface area contributed by atoms with Gasteiger partial charge in [-0.1, -0.05) is 103 Å². The average molecular weight is 294 g/mol. The first-order chi connectivity index (χ1) is 11.4. The van der Waals surface area contributed by atoms with Crippen LogP contribution < -0.4 is 0 Å². The third-order valence-corrected chi connectivity index (χ3v) is 3.59. The van der Waals surface area contributed by atoms with Crippen molar-refractivity contribution in [3.8, 4) is 11.8 Å². The molecule has 0 heteroatoms. The van der Waals surface area contributed by atoms with E-state index in [1.807, 2.05) is 54.6 Å². The van der Waals surface area contributed by atoms with E-state index < -0.39 is 0 Å². The fourth-order valence-electron chi connectivity index (χ4n) is 2.36. The number of allylic oxidation sites excluding steroid dienone is 1. The van der Waals surface area contributed by atoms with Crippen molar-refractivity contribution in [3.63, 3.8) is 0 Å². The van der Waals surface area contributed by atoms with Crippen LogP contribution in [-0.4, -0.2) is 0 Å². The largest absolute Gasteiger partial charge is 0.0855 e. The molecule has 0 aliphatic carbocycles. The van der Waals surface area contributed by atoms with E-state index in [0.29, 0.717) is 0 Å². The predicted octanol–water partition coefficient (Wildman–Crippen LogP) is 5.54. The maximum Gasteiger partial charge on any atom is 0.0639 e. The van der Waals surface area contributed by atoms with E-state index in [4.69, 9.17) is 0 Å². The first-order valence-electron chi connectivity index (χ1n) is 7.76. The average Bonchev–Trinajstić information content (AvgIpc) is 2.64. The zero-order valence-corrected chi connectivity index (χ0v) is 12.9. The summed E-state index contributed by atoms with van der Waals surface area (Å²) in [5, 5.41) is 0. The van der Waals surface area contributed by atoms with Crippen LogP contribution in [0.15, 0.2) is 97.1 Å². The van der Waals surface area contributed by atoms with Crippen molar-refractivity contribution in [1.82, 2.24) is 0 Å². The van der Waals surface area contributed by atoms with Crippen molar-refractivity contribution >= 4 is 6.08 Å². The Kier molecular flexibility index (Phi) is 5.06. The van der Waals surface area contributed by atoms with E-state index in [-0.39, 0.29) is 5.92 Å². The van der Waals surface area contributed by atoms with E-state index >= 15 is 0 Å². The second kappa shape index (κ2) is 7.82. The first kappa shape index (κ1) is 14.9. The number of hydrogen-bond acceptors (Lipinski definition) is 0. The standard InChI is InChI=1S/C23H18/c1-4-10-20(11-5-1)16-18-23(22-14-8-3-9-15-22)19-17-21-12-6-2-7-13-21/h1-16,18,23H/b18-16-. The highest BCUT2D eigenvalue weighted by Gasteiger charge is 2.03. The van der Waals surface area contributed by atoms with Gasteiger partial charge in [0.25, 0.3) is 0 Å². The second-order valence-electron chi connectivity index (χ2n) is 5.29. The van der Waals surface area contributed by atoms with Crippen molar-refractivity contribution in [2.45, 2.75) is 5.92 Å². The summed E-state index contributed by atoms with van der Waals surface area (Å²) in [6.07, 6.45) is 4.30. The van der Waals surface area contributed by atoms with Crippen LogP contribution in [0.2, 0.25) is 0 Å². The molecular weight excluding hydrogens is 276 g/mol. The Morgan fingerprint density at radius 1 is 0.652 bits per heavy atom. The van der Waals surface area contributed by atoms with Crippen molar-refractivity contribution in [2.24, 2.45) is 0 Å². The molecular formula is C23H18. The molecule has 0 amide bonds. The van der Waals surface area contributed by atoms with Gasteiger partial charge >= 0.3 is 0 Å². The summed E-state index contributed by atoms with van der Waals surface area (Å²) in [6.45, 7) is 0. The fourth-order valence-corrected chi connectivity index (χ4v) is 2.36. The molecule has 0 saturated carbocycles. The molecule has 3 rings (SSSR count). The van der Waals surface area contributed by atoms with Gasteiger partial charge in [-0.2, -0.15) is 0 Å². The molecule has 0 aliphatic rings. The highest BCUT2D eigenvalue weighted by Crippen LogP contribution is 2.18. The smallest absolute Gasteiger partial charge is 0.0639 e.